The first-order valence-corrected chi connectivity index (χ1v) is 6.68. The SMILES string of the molecule is Cc1ccnc2nc(C(=O)Nc3ccc(Br)cc3)nn12. The number of nitrogens with one attached hydrogen (secondary N) is 1. The average Bonchev–Trinajstić information content (AvgIpc) is 2.87. The molecule has 0 atom stereocenters. The van der Waals surface area contributed by atoms with Crippen molar-refractivity contribution in [3.8, 4) is 0 Å². The van der Waals surface area contributed by atoms with Crippen LogP contribution in [0.25, 0.3) is 5.78 Å². The van der Waals surface area contributed by atoms with E-state index >= 15 is 0 Å². The lowest BCUT2D eigenvalue weighted by atomic mass is 10.3. The van der Waals surface area contributed by atoms with Crippen LogP contribution in [-0.2, 0) is 0 Å². The molecule has 2 aromatic heterocycles. The molecule has 0 aliphatic heterocycles. The molecule has 3 aromatic rings. The van der Waals surface area contributed by atoms with Gasteiger partial charge in [0.25, 0.3) is 11.7 Å². The number of hydrogen-bond acceptors (Lipinski definition) is 4. The maximum atomic E-state index is 12.1. The summed E-state index contributed by atoms with van der Waals surface area (Å²) in [6.45, 7) is 1.87. The van der Waals surface area contributed by atoms with Gasteiger partial charge in [-0.25, -0.2) is 9.50 Å². The number of hydrogen-bond donors (Lipinski definition) is 1. The van der Waals surface area contributed by atoms with Gasteiger partial charge < -0.3 is 5.32 Å². The molecule has 0 aliphatic carbocycles. The molecule has 3 rings (SSSR count). The number of benzene rings is 1. The van der Waals surface area contributed by atoms with E-state index in [-0.39, 0.29) is 11.7 Å². The summed E-state index contributed by atoms with van der Waals surface area (Å²) in [6, 6.07) is 9.08. The molecule has 2 heterocycles. The van der Waals surface area contributed by atoms with Crippen LogP contribution >= 0.6 is 15.9 Å². The topological polar surface area (TPSA) is 72.2 Å². The molecule has 1 aromatic carbocycles. The lowest BCUT2D eigenvalue weighted by molar-refractivity contribution is 0.101. The highest BCUT2D eigenvalue weighted by Crippen LogP contribution is 2.14. The molecular weight excluding hydrogens is 322 g/mol. The Morgan fingerprint density at radius 3 is 2.70 bits per heavy atom. The van der Waals surface area contributed by atoms with Crippen molar-refractivity contribution >= 4 is 33.3 Å². The van der Waals surface area contributed by atoms with Crippen LogP contribution in [0.2, 0.25) is 0 Å². The molecule has 1 amide bonds. The van der Waals surface area contributed by atoms with Crippen molar-refractivity contribution in [1.82, 2.24) is 19.6 Å². The first-order valence-electron chi connectivity index (χ1n) is 5.89. The van der Waals surface area contributed by atoms with Crippen LogP contribution in [0.3, 0.4) is 0 Å². The largest absolute Gasteiger partial charge is 0.319 e. The van der Waals surface area contributed by atoms with Crippen molar-refractivity contribution in [1.29, 1.82) is 0 Å². The van der Waals surface area contributed by atoms with Crippen LogP contribution in [0.1, 0.15) is 16.3 Å². The quantitative estimate of drug-likeness (QED) is 0.782. The number of anilines is 1. The van der Waals surface area contributed by atoms with E-state index in [1.54, 1.807) is 24.4 Å². The molecule has 1 N–H and O–H groups in total. The normalized spacial score (nSPS) is 10.7. The van der Waals surface area contributed by atoms with E-state index in [2.05, 4.69) is 36.3 Å². The number of carbonyl (C=O) groups is 1. The molecule has 0 saturated carbocycles. The average molecular weight is 332 g/mol. The van der Waals surface area contributed by atoms with E-state index in [4.69, 9.17) is 0 Å². The third-order valence-electron chi connectivity index (χ3n) is 2.74. The Hall–Kier alpha value is -2.28. The van der Waals surface area contributed by atoms with E-state index < -0.39 is 0 Å². The van der Waals surface area contributed by atoms with Gasteiger partial charge in [0, 0.05) is 22.1 Å². The third kappa shape index (κ3) is 2.39. The molecule has 7 heteroatoms. The Bertz CT molecular complexity index is 781. The number of carbonyl (C=O) groups excluding carboxylic acids is 1. The number of amides is 1. The smallest absolute Gasteiger partial charge is 0.295 e. The monoisotopic (exact) mass is 331 g/mol. The zero-order valence-electron chi connectivity index (χ0n) is 10.5. The predicted molar refractivity (Wildman–Crippen MR) is 77.6 cm³/mol. The number of aromatic nitrogens is 4. The second-order valence-corrected chi connectivity index (χ2v) is 5.11. The minimum Gasteiger partial charge on any atom is -0.319 e. The molecule has 100 valence electrons. The lowest BCUT2D eigenvalue weighted by Gasteiger charge is -2.01. The summed E-state index contributed by atoms with van der Waals surface area (Å²) in [7, 11) is 0. The number of fused-ring (bicyclic) bond motifs is 1. The highest BCUT2D eigenvalue weighted by Gasteiger charge is 2.14. The van der Waals surface area contributed by atoms with Gasteiger partial charge in [-0.2, -0.15) is 4.98 Å². The molecule has 0 saturated heterocycles. The van der Waals surface area contributed by atoms with E-state index in [0.717, 1.165) is 10.2 Å². The van der Waals surface area contributed by atoms with Crippen LogP contribution in [0.4, 0.5) is 5.69 Å². The fraction of sp³-hybridized carbons (Fsp3) is 0.0769. The highest BCUT2D eigenvalue weighted by molar-refractivity contribution is 9.10. The van der Waals surface area contributed by atoms with Crippen LogP contribution < -0.4 is 5.32 Å². The third-order valence-corrected chi connectivity index (χ3v) is 3.26. The molecule has 6 nitrogen and oxygen atoms in total. The van der Waals surface area contributed by atoms with Crippen molar-refractivity contribution in [2.24, 2.45) is 0 Å². The highest BCUT2D eigenvalue weighted by atomic mass is 79.9. The fourth-order valence-electron chi connectivity index (χ4n) is 1.72. The summed E-state index contributed by atoms with van der Waals surface area (Å²) in [5, 5.41) is 6.89. The van der Waals surface area contributed by atoms with Crippen LogP contribution in [0, 0.1) is 6.92 Å². The molecule has 0 spiro atoms. The first-order chi connectivity index (χ1) is 9.63. The Labute approximate surface area is 123 Å². The van der Waals surface area contributed by atoms with Crippen LogP contribution in [-0.4, -0.2) is 25.5 Å². The summed E-state index contributed by atoms with van der Waals surface area (Å²) in [6.07, 6.45) is 1.63. The maximum Gasteiger partial charge on any atom is 0.295 e. The van der Waals surface area contributed by atoms with Gasteiger partial charge in [-0.1, -0.05) is 15.9 Å². The van der Waals surface area contributed by atoms with Crippen molar-refractivity contribution in [3.05, 3.63) is 52.5 Å². The fourth-order valence-corrected chi connectivity index (χ4v) is 1.99. The second-order valence-electron chi connectivity index (χ2n) is 4.19. The second kappa shape index (κ2) is 5.01. The lowest BCUT2D eigenvalue weighted by Crippen LogP contribution is -2.13. The molecule has 0 unspecified atom stereocenters. The van der Waals surface area contributed by atoms with Crippen LogP contribution in [0.15, 0.2) is 41.0 Å². The first kappa shape index (κ1) is 12.7. The molecule has 0 fully saturated rings. The Kier molecular flexibility index (Phi) is 3.19. The predicted octanol–water partition coefficient (Wildman–Crippen LogP) is 2.45. The minimum atomic E-state index is -0.364. The van der Waals surface area contributed by atoms with Crippen molar-refractivity contribution in [2.45, 2.75) is 6.92 Å². The van der Waals surface area contributed by atoms with Gasteiger partial charge in [-0.3, -0.25) is 4.79 Å². The Balaban J connectivity index is 1.89. The number of aryl methyl sites for hydroxylation is 1. The number of halogens is 1. The maximum absolute atomic E-state index is 12.1. The molecule has 0 aliphatic rings. The summed E-state index contributed by atoms with van der Waals surface area (Å²) in [5.41, 5.74) is 1.55. The van der Waals surface area contributed by atoms with E-state index in [0.29, 0.717) is 11.5 Å². The van der Waals surface area contributed by atoms with Gasteiger partial charge in [-0.05, 0) is 37.3 Å². The van der Waals surface area contributed by atoms with Gasteiger partial charge >= 0.3 is 0 Å². The molecular formula is C13H10BrN5O. The summed E-state index contributed by atoms with van der Waals surface area (Å²) in [4.78, 5) is 20.3. The Morgan fingerprint density at radius 2 is 2.00 bits per heavy atom. The van der Waals surface area contributed by atoms with Gasteiger partial charge in [0.2, 0.25) is 5.82 Å². The molecule has 20 heavy (non-hydrogen) atoms. The minimum absolute atomic E-state index is 0.0923. The van der Waals surface area contributed by atoms with Gasteiger partial charge in [0.15, 0.2) is 0 Å². The zero-order valence-corrected chi connectivity index (χ0v) is 12.1. The number of rotatable bonds is 2. The van der Waals surface area contributed by atoms with E-state index in [9.17, 15) is 4.79 Å². The molecule has 0 bridgehead atoms. The van der Waals surface area contributed by atoms with Crippen molar-refractivity contribution in [3.63, 3.8) is 0 Å². The van der Waals surface area contributed by atoms with Gasteiger partial charge in [-0.15, -0.1) is 5.10 Å². The van der Waals surface area contributed by atoms with E-state index in [1.807, 2.05) is 19.1 Å². The number of nitrogens with zero attached hydrogens (tertiary/aromatic N) is 4. The Morgan fingerprint density at radius 1 is 1.25 bits per heavy atom. The van der Waals surface area contributed by atoms with Gasteiger partial charge in [0.1, 0.15) is 0 Å². The van der Waals surface area contributed by atoms with Gasteiger partial charge in [0.05, 0.1) is 0 Å². The van der Waals surface area contributed by atoms with E-state index in [1.165, 1.54) is 4.52 Å². The summed E-state index contributed by atoms with van der Waals surface area (Å²) < 4.78 is 2.48. The zero-order chi connectivity index (χ0) is 14.1. The summed E-state index contributed by atoms with van der Waals surface area (Å²) in [5.74, 6) is 0.137. The van der Waals surface area contributed by atoms with Crippen molar-refractivity contribution in [2.75, 3.05) is 5.32 Å². The standard InChI is InChI=1S/C13H10BrN5O/c1-8-6-7-15-13-17-11(18-19(8)13)12(20)16-10-4-2-9(14)3-5-10/h2-7H,1H3,(H,16,20). The summed E-state index contributed by atoms with van der Waals surface area (Å²) >= 11 is 3.34. The van der Waals surface area contributed by atoms with Crippen molar-refractivity contribution < 1.29 is 4.79 Å². The molecule has 0 radical (unpaired) electrons. The van der Waals surface area contributed by atoms with Crippen LogP contribution in [0.5, 0.6) is 0 Å².